The van der Waals surface area contributed by atoms with Crippen LogP contribution in [0.3, 0.4) is 0 Å². The lowest BCUT2D eigenvalue weighted by atomic mass is 9.81. The van der Waals surface area contributed by atoms with E-state index in [0.717, 1.165) is 31.2 Å². The van der Waals surface area contributed by atoms with Crippen LogP contribution in [-0.2, 0) is 15.1 Å². The van der Waals surface area contributed by atoms with Gasteiger partial charge in [0.1, 0.15) is 0 Å². The van der Waals surface area contributed by atoms with Gasteiger partial charge in [0.15, 0.2) is 0 Å². The molecule has 4 nitrogen and oxygen atoms in total. The van der Waals surface area contributed by atoms with Crippen molar-refractivity contribution < 1.29 is 14.7 Å². The van der Waals surface area contributed by atoms with Crippen LogP contribution >= 0.6 is 11.6 Å². The topological polar surface area (TPSA) is 66.4 Å². The Labute approximate surface area is 134 Å². The Morgan fingerprint density at radius 2 is 1.95 bits per heavy atom. The molecule has 0 radical (unpaired) electrons. The van der Waals surface area contributed by atoms with Gasteiger partial charge in [-0.15, -0.1) is 0 Å². The van der Waals surface area contributed by atoms with Crippen LogP contribution < -0.4 is 5.32 Å². The molecule has 2 aliphatic rings. The van der Waals surface area contributed by atoms with Gasteiger partial charge in [-0.25, -0.2) is 0 Å². The molecule has 0 saturated heterocycles. The van der Waals surface area contributed by atoms with Crippen molar-refractivity contribution >= 4 is 23.5 Å². The van der Waals surface area contributed by atoms with Gasteiger partial charge in [-0.1, -0.05) is 30.2 Å². The van der Waals surface area contributed by atoms with Crippen LogP contribution in [0.2, 0.25) is 5.02 Å². The van der Waals surface area contributed by atoms with Crippen molar-refractivity contribution in [1.82, 2.24) is 5.32 Å². The lowest BCUT2D eigenvalue weighted by Crippen LogP contribution is -2.41. The molecule has 5 heteroatoms. The van der Waals surface area contributed by atoms with E-state index < -0.39 is 5.97 Å². The van der Waals surface area contributed by atoms with Crippen LogP contribution in [0.15, 0.2) is 24.3 Å². The Bertz CT molecular complexity index is 597. The third-order valence-corrected chi connectivity index (χ3v) is 5.12. The van der Waals surface area contributed by atoms with E-state index in [9.17, 15) is 9.59 Å². The van der Waals surface area contributed by atoms with Crippen LogP contribution in [0.25, 0.3) is 0 Å². The Hall–Kier alpha value is -1.55. The first kappa shape index (κ1) is 15.3. The summed E-state index contributed by atoms with van der Waals surface area (Å²) in [5.41, 5.74) is 0.747. The number of nitrogens with one attached hydrogen (secondary N) is 1. The molecular weight excluding hydrogens is 302 g/mol. The molecule has 0 heterocycles. The molecule has 2 N–H and O–H groups in total. The predicted octanol–water partition coefficient (Wildman–Crippen LogP) is 3.34. The number of carbonyl (C=O) groups is 2. The summed E-state index contributed by atoms with van der Waals surface area (Å²) >= 11 is 6.04. The second kappa shape index (κ2) is 5.92. The lowest BCUT2D eigenvalue weighted by Gasteiger charge is -2.28. The maximum Gasteiger partial charge on any atom is 0.306 e. The van der Waals surface area contributed by atoms with Crippen molar-refractivity contribution in [3.8, 4) is 0 Å². The average molecular weight is 322 g/mol. The van der Waals surface area contributed by atoms with Gasteiger partial charge in [-0.3, -0.25) is 9.59 Å². The molecule has 2 atom stereocenters. The van der Waals surface area contributed by atoms with Crippen molar-refractivity contribution in [2.24, 2.45) is 11.8 Å². The third kappa shape index (κ3) is 3.12. The largest absolute Gasteiger partial charge is 0.481 e. The minimum absolute atomic E-state index is 0.0107. The number of carboxylic acids is 1. The second-order valence-corrected chi connectivity index (χ2v) is 6.92. The Morgan fingerprint density at radius 3 is 2.59 bits per heavy atom. The fraction of sp³-hybridized carbons (Fsp3) is 0.529. The van der Waals surface area contributed by atoms with E-state index in [0.29, 0.717) is 17.9 Å². The zero-order valence-electron chi connectivity index (χ0n) is 12.3. The molecule has 1 aromatic carbocycles. The molecule has 2 unspecified atom stereocenters. The average Bonchev–Trinajstić information content (AvgIpc) is 3.28. The maximum absolute atomic E-state index is 12.5. The highest BCUT2D eigenvalue weighted by molar-refractivity contribution is 6.30. The molecule has 1 amide bonds. The molecule has 0 spiro atoms. The fourth-order valence-electron chi connectivity index (χ4n) is 3.39. The van der Waals surface area contributed by atoms with E-state index in [1.54, 1.807) is 0 Å². The van der Waals surface area contributed by atoms with Crippen LogP contribution in [0.1, 0.15) is 44.1 Å². The number of carboxylic acid groups (broad SMARTS) is 1. The first-order chi connectivity index (χ1) is 10.5. The molecule has 2 saturated carbocycles. The van der Waals surface area contributed by atoms with E-state index >= 15 is 0 Å². The summed E-state index contributed by atoms with van der Waals surface area (Å²) in [4.78, 5) is 23.7. The van der Waals surface area contributed by atoms with E-state index in [1.807, 2.05) is 24.3 Å². The van der Waals surface area contributed by atoms with Gasteiger partial charge in [0.05, 0.1) is 11.5 Å². The summed E-state index contributed by atoms with van der Waals surface area (Å²) in [6.45, 7) is 0. The summed E-state index contributed by atoms with van der Waals surface area (Å²) in [7, 11) is 0. The monoisotopic (exact) mass is 321 g/mol. The number of carbonyl (C=O) groups excluding carboxylic acids is 1. The van der Waals surface area contributed by atoms with Crippen molar-refractivity contribution in [2.75, 3.05) is 0 Å². The normalized spacial score (nSPS) is 26.2. The predicted molar refractivity (Wildman–Crippen MR) is 83.6 cm³/mol. The highest BCUT2D eigenvalue weighted by Gasteiger charge is 2.47. The second-order valence-electron chi connectivity index (χ2n) is 6.48. The summed E-state index contributed by atoms with van der Waals surface area (Å²) in [5, 5.41) is 13.0. The first-order valence-electron chi connectivity index (χ1n) is 7.81. The SMILES string of the molecule is O=C(O)C1CCCC(C(=O)NC2(c3cccc(Cl)c3)CC2)C1. The van der Waals surface area contributed by atoms with Crippen LogP contribution in [0.5, 0.6) is 0 Å². The number of aliphatic carboxylic acids is 1. The van der Waals surface area contributed by atoms with Crippen molar-refractivity contribution in [2.45, 2.75) is 44.1 Å². The number of benzene rings is 1. The summed E-state index contributed by atoms with van der Waals surface area (Å²) in [6, 6.07) is 7.60. The fourth-order valence-corrected chi connectivity index (χ4v) is 3.58. The first-order valence-corrected chi connectivity index (χ1v) is 8.19. The molecule has 118 valence electrons. The van der Waals surface area contributed by atoms with Gasteiger partial charge < -0.3 is 10.4 Å². The number of hydrogen-bond donors (Lipinski definition) is 2. The lowest BCUT2D eigenvalue weighted by molar-refractivity contribution is -0.144. The minimum atomic E-state index is -0.784. The zero-order chi connectivity index (χ0) is 15.7. The van der Waals surface area contributed by atoms with Gasteiger partial charge in [-0.2, -0.15) is 0 Å². The molecular formula is C17H20ClNO3. The van der Waals surface area contributed by atoms with E-state index in [-0.39, 0.29) is 23.3 Å². The van der Waals surface area contributed by atoms with Gasteiger partial charge in [0.2, 0.25) is 5.91 Å². The zero-order valence-corrected chi connectivity index (χ0v) is 13.1. The van der Waals surface area contributed by atoms with E-state index in [1.165, 1.54) is 0 Å². The number of amides is 1. The molecule has 2 aliphatic carbocycles. The van der Waals surface area contributed by atoms with E-state index in [4.69, 9.17) is 16.7 Å². The van der Waals surface area contributed by atoms with Gasteiger partial charge in [0, 0.05) is 10.9 Å². The molecule has 2 fully saturated rings. The number of hydrogen-bond acceptors (Lipinski definition) is 2. The minimum Gasteiger partial charge on any atom is -0.481 e. The smallest absolute Gasteiger partial charge is 0.306 e. The molecule has 0 bridgehead atoms. The van der Waals surface area contributed by atoms with Crippen molar-refractivity contribution in [1.29, 1.82) is 0 Å². The quantitative estimate of drug-likeness (QED) is 0.893. The van der Waals surface area contributed by atoms with Crippen molar-refractivity contribution in [3.05, 3.63) is 34.9 Å². The number of rotatable bonds is 4. The molecule has 3 rings (SSSR count). The number of halogens is 1. The van der Waals surface area contributed by atoms with E-state index in [2.05, 4.69) is 5.32 Å². The summed E-state index contributed by atoms with van der Waals surface area (Å²) in [5.74, 6) is -1.37. The van der Waals surface area contributed by atoms with Gasteiger partial charge >= 0.3 is 5.97 Å². The highest BCUT2D eigenvalue weighted by Crippen LogP contribution is 2.46. The standard InChI is InChI=1S/C17H20ClNO3/c18-14-6-2-5-13(10-14)17(7-8-17)19-15(20)11-3-1-4-12(9-11)16(21)22/h2,5-6,10-12H,1,3-4,7-9H2,(H,19,20)(H,21,22). The highest BCUT2D eigenvalue weighted by atomic mass is 35.5. The van der Waals surface area contributed by atoms with Crippen molar-refractivity contribution in [3.63, 3.8) is 0 Å². The van der Waals surface area contributed by atoms with Crippen LogP contribution in [0, 0.1) is 11.8 Å². The van der Waals surface area contributed by atoms with Crippen LogP contribution in [0.4, 0.5) is 0 Å². The molecule has 0 aliphatic heterocycles. The molecule has 0 aromatic heterocycles. The summed E-state index contributed by atoms with van der Waals surface area (Å²) < 4.78 is 0. The Balaban J connectivity index is 1.68. The van der Waals surface area contributed by atoms with Crippen LogP contribution in [-0.4, -0.2) is 17.0 Å². The third-order valence-electron chi connectivity index (χ3n) is 4.88. The Morgan fingerprint density at radius 1 is 1.23 bits per heavy atom. The Kier molecular flexibility index (Phi) is 4.13. The molecule has 22 heavy (non-hydrogen) atoms. The molecule has 1 aromatic rings. The van der Waals surface area contributed by atoms with Gasteiger partial charge in [-0.05, 0) is 49.8 Å². The van der Waals surface area contributed by atoms with Gasteiger partial charge in [0.25, 0.3) is 0 Å². The maximum atomic E-state index is 12.5. The summed E-state index contributed by atoms with van der Waals surface area (Å²) in [6.07, 6.45) is 4.54.